The van der Waals surface area contributed by atoms with Gasteiger partial charge in [0.1, 0.15) is 0 Å². The van der Waals surface area contributed by atoms with Crippen molar-refractivity contribution >= 4 is 44.6 Å². The third-order valence-electron chi connectivity index (χ3n) is 6.47. The van der Waals surface area contributed by atoms with Crippen LogP contribution in [-0.2, 0) is 0 Å². The average molecular weight is 338 g/mol. The second-order valence-electron chi connectivity index (χ2n) is 7.70. The maximum absolute atomic E-state index is 2.34. The van der Waals surface area contributed by atoms with Crippen LogP contribution >= 0.6 is 0 Å². The van der Waals surface area contributed by atoms with E-state index in [1.807, 2.05) is 0 Å². The highest BCUT2D eigenvalue weighted by Crippen LogP contribution is 2.38. The molecule has 2 aliphatic heterocycles. The molecule has 0 N–H and O–H groups in total. The van der Waals surface area contributed by atoms with Crippen molar-refractivity contribution < 1.29 is 0 Å². The Kier molecular flexibility index (Phi) is 2.40. The highest BCUT2D eigenvalue weighted by atomic mass is 14.2. The lowest BCUT2D eigenvalue weighted by molar-refractivity contribution is 1.63. The molecule has 2 aliphatic rings. The number of rotatable bonds is 0. The van der Waals surface area contributed by atoms with Gasteiger partial charge in [0.25, 0.3) is 0 Å². The summed E-state index contributed by atoms with van der Waals surface area (Å²) in [7, 11) is 0. The molecule has 0 aliphatic carbocycles. The fourth-order valence-corrected chi connectivity index (χ4v) is 5.49. The van der Waals surface area contributed by atoms with Crippen LogP contribution < -0.4 is 16.4 Å². The summed E-state index contributed by atoms with van der Waals surface area (Å²) in [4.78, 5) is 0. The predicted octanol–water partition coefficient (Wildman–Crippen LogP) is 4.47. The summed E-state index contributed by atoms with van der Waals surface area (Å²) in [6, 6.07) is 33.9. The molecule has 0 nitrogen and oxygen atoms in total. The number of hydrogen-bond acceptors (Lipinski definition) is 0. The van der Waals surface area contributed by atoms with E-state index in [2.05, 4.69) is 91.0 Å². The highest BCUT2D eigenvalue weighted by Gasteiger charge is 2.37. The maximum atomic E-state index is 2.34. The summed E-state index contributed by atoms with van der Waals surface area (Å²) in [6.07, 6.45) is 0. The van der Waals surface area contributed by atoms with Crippen LogP contribution in [0.15, 0.2) is 91.0 Å². The van der Waals surface area contributed by atoms with Crippen molar-refractivity contribution in [2.45, 2.75) is 0 Å². The summed E-state index contributed by atoms with van der Waals surface area (Å²) in [5.74, 6) is 0. The van der Waals surface area contributed by atoms with Crippen LogP contribution in [0.3, 0.4) is 0 Å². The van der Waals surface area contributed by atoms with Gasteiger partial charge in [0.2, 0.25) is 6.71 Å². The van der Waals surface area contributed by atoms with Gasteiger partial charge < -0.3 is 0 Å². The first-order valence-corrected chi connectivity index (χ1v) is 9.59. The monoisotopic (exact) mass is 338 g/mol. The zero-order valence-electron chi connectivity index (χ0n) is 14.7. The van der Waals surface area contributed by atoms with Crippen LogP contribution in [-0.4, -0.2) is 6.71 Å². The van der Waals surface area contributed by atoms with Gasteiger partial charge in [-0.1, -0.05) is 107 Å². The Labute approximate surface area is 158 Å². The van der Waals surface area contributed by atoms with Crippen LogP contribution in [0.5, 0.6) is 0 Å². The summed E-state index contributed by atoms with van der Waals surface area (Å²) in [6.45, 7) is 0.313. The van der Waals surface area contributed by atoms with E-state index in [1.54, 1.807) is 0 Å². The minimum atomic E-state index is 0.313. The Morgan fingerprint density at radius 3 is 1.33 bits per heavy atom. The molecule has 5 aromatic rings. The van der Waals surface area contributed by atoms with E-state index in [1.165, 1.54) is 60.2 Å². The van der Waals surface area contributed by atoms with Gasteiger partial charge in [0, 0.05) is 0 Å². The van der Waals surface area contributed by atoms with Crippen molar-refractivity contribution in [3.05, 3.63) is 91.0 Å². The van der Waals surface area contributed by atoms with Crippen molar-refractivity contribution in [3.8, 4) is 22.3 Å². The Morgan fingerprint density at radius 1 is 0.407 bits per heavy atom. The molecule has 27 heavy (non-hydrogen) atoms. The molecule has 122 valence electrons. The molecule has 0 bridgehead atoms. The lowest BCUT2D eigenvalue weighted by Crippen LogP contribution is -2.57. The van der Waals surface area contributed by atoms with E-state index >= 15 is 0 Å². The number of fused-ring (bicyclic) bond motifs is 4. The molecule has 0 amide bonds. The molecule has 0 aromatic heterocycles. The molecular formula is C26H15B. The molecule has 0 saturated heterocycles. The van der Waals surface area contributed by atoms with Gasteiger partial charge >= 0.3 is 0 Å². The number of benzene rings is 5. The topological polar surface area (TPSA) is 0 Å². The normalized spacial score (nSPS) is 13.1. The third kappa shape index (κ3) is 1.57. The van der Waals surface area contributed by atoms with Crippen molar-refractivity contribution in [2.75, 3.05) is 0 Å². The molecule has 0 saturated carbocycles. The van der Waals surface area contributed by atoms with Gasteiger partial charge in [-0.05, 0) is 43.8 Å². The minimum absolute atomic E-state index is 0.313. The maximum Gasteiger partial charge on any atom is 0.244 e. The first kappa shape index (κ1) is 13.8. The van der Waals surface area contributed by atoms with Crippen LogP contribution in [0, 0.1) is 0 Å². The van der Waals surface area contributed by atoms with E-state index in [0.717, 1.165) is 0 Å². The lowest BCUT2D eigenvalue weighted by atomic mass is 9.31. The molecule has 0 fully saturated rings. The zero-order chi connectivity index (χ0) is 17.5. The molecule has 0 unspecified atom stereocenters. The molecule has 0 spiro atoms. The van der Waals surface area contributed by atoms with E-state index in [0.29, 0.717) is 6.71 Å². The molecule has 7 rings (SSSR count). The van der Waals surface area contributed by atoms with Gasteiger partial charge in [0.15, 0.2) is 0 Å². The molecule has 1 heteroatoms. The first-order chi connectivity index (χ1) is 13.4. The van der Waals surface area contributed by atoms with E-state index < -0.39 is 0 Å². The summed E-state index contributed by atoms with van der Waals surface area (Å²) in [5.41, 5.74) is 9.93. The highest BCUT2D eigenvalue weighted by molar-refractivity contribution is 7.01. The van der Waals surface area contributed by atoms with Gasteiger partial charge in [0.05, 0.1) is 0 Å². The fourth-order valence-electron chi connectivity index (χ4n) is 5.49. The Balaban J connectivity index is 1.78. The van der Waals surface area contributed by atoms with Gasteiger partial charge in [-0.25, -0.2) is 0 Å². The van der Waals surface area contributed by atoms with E-state index in [4.69, 9.17) is 0 Å². The first-order valence-electron chi connectivity index (χ1n) is 9.59. The largest absolute Gasteiger partial charge is 0.244 e. The van der Waals surface area contributed by atoms with Crippen LogP contribution in [0.1, 0.15) is 0 Å². The average Bonchev–Trinajstić information content (AvgIpc) is 2.73. The second-order valence-corrected chi connectivity index (χ2v) is 7.70. The molecule has 0 radical (unpaired) electrons. The van der Waals surface area contributed by atoms with Crippen LogP contribution in [0.25, 0.3) is 43.8 Å². The fraction of sp³-hybridized carbons (Fsp3) is 0. The van der Waals surface area contributed by atoms with Gasteiger partial charge in [-0.2, -0.15) is 0 Å². The molecular weight excluding hydrogens is 323 g/mol. The van der Waals surface area contributed by atoms with Crippen molar-refractivity contribution in [1.82, 2.24) is 0 Å². The van der Waals surface area contributed by atoms with E-state index in [-0.39, 0.29) is 0 Å². The Bertz CT molecular complexity index is 1310. The molecule has 2 heterocycles. The minimum Gasteiger partial charge on any atom is -0.0663 e. The summed E-state index contributed by atoms with van der Waals surface area (Å²) >= 11 is 0. The quantitative estimate of drug-likeness (QED) is 0.358. The Morgan fingerprint density at radius 2 is 0.815 bits per heavy atom. The lowest BCUT2D eigenvalue weighted by Gasteiger charge is -2.33. The molecule has 5 aromatic carbocycles. The Hall–Kier alpha value is -3.32. The van der Waals surface area contributed by atoms with Crippen molar-refractivity contribution in [3.63, 3.8) is 0 Å². The van der Waals surface area contributed by atoms with Gasteiger partial charge in [-0.15, -0.1) is 0 Å². The SMILES string of the molecule is c1cc2c3c(c1)-c1cccc4cccc(c14)B3c1cccc3cccc-2c13. The van der Waals surface area contributed by atoms with E-state index in [9.17, 15) is 0 Å². The van der Waals surface area contributed by atoms with Crippen LogP contribution in [0.2, 0.25) is 0 Å². The summed E-state index contributed by atoms with van der Waals surface area (Å²) < 4.78 is 0. The van der Waals surface area contributed by atoms with Crippen molar-refractivity contribution in [2.24, 2.45) is 0 Å². The standard InChI is InChI=1S/C26H15B/c1-6-16-8-3-14-22-24(16)18(10-1)20-12-5-13-21-19-11-2-7-17-9-4-15-23(25(17)19)27(22)26(20)21/h1-15H. The van der Waals surface area contributed by atoms with Gasteiger partial charge in [-0.3, -0.25) is 0 Å². The zero-order valence-corrected chi connectivity index (χ0v) is 14.7. The van der Waals surface area contributed by atoms with Crippen molar-refractivity contribution in [1.29, 1.82) is 0 Å². The smallest absolute Gasteiger partial charge is 0.0663 e. The van der Waals surface area contributed by atoms with Crippen LogP contribution in [0.4, 0.5) is 0 Å². The third-order valence-corrected chi connectivity index (χ3v) is 6.47. The molecule has 0 atom stereocenters. The second kappa shape index (κ2) is 4.69. The predicted molar refractivity (Wildman–Crippen MR) is 117 cm³/mol. The summed E-state index contributed by atoms with van der Waals surface area (Å²) in [5, 5.41) is 5.52. The number of hydrogen-bond donors (Lipinski definition) is 0.